The van der Waals surface area contributed by atoms with Gasteiger partial charge in [-0.05, 0) is 18.8 Å². The summed E-state index contributed by atoms with van der Waals surface area (Å²) in [7, 11) is 0. The summed E-state index contributed by atoms with van der Waals surface area (Å²) in [6.45, 7) is 2.09. The van der Waals surface area contributed by atoms with Crippen molar-refractivity contribution in [2.24, 2.45) is 11.7 Å². The maximum absolute atomic E-state index is 12.1. The molecule has 1 aromatic heterocycles. The number of carbonyl (C=O) groups is 1. The van der Waals surface area contributed by atoms with Crippen molar-refractivity contribution in [1.82, 2.24) is 19.7 Å². The van der Waals surface area contributed by atoms with Gasteiger partial charge in [0.05, 0.1) is 6.54 Å². The third-order valence-corrected chi connectivity index (χ3v) is 3.63. The predicted octanol–water partition coefficient (Wildman–Crippen LogP) is -0.252. The van der Waals surface area contributed by atoms with Crippen molar-refractivity contribution in [2.75, 3.05) is 6.54 Å². The van der Waals surface area contributed by atoms with Crippen LogP contribution in [0.1, 0.15) is 25.1 Å². The zero-order valence-corrected chi connectivity index (χ0v) is 9.75. The molecule has 2 N–H and O–H groups in total. The SMILES string of the molecule is NC(CC(=O)N1CCn2cnnc2C1)C1CC1. The number of rotatable bonds is 3. The third kappa shape index (κ3) is 2.17. The molecule has 2 aliphatic rings. The standard InChI is InChI=1S/C11H17N5O/c12-9(8-1-2-8)5-11(17)15-3-4-16-7-13-14-10(16)6-15/h7-9H,1-6,12H2. The lowest BCUT2D eigenvalue weighted by Gasteiger charge is -2.28. The van der Waals surface area contributed by atoms with Crippen LogP contribution in [-0.4, -0.2) is 38.2 Å². The van der Waals surface area contributed by atoms with Crippen molar-refractivity contribution >= 4 is 5.91 Å². The lowest BCUT2D eigenvalue weighted by Crippen LogP contribution is -2.41. The van der Waals surface area contributed by atoms with Gasteiger partial charge in [-0.3, -0.25) is 4.79 Å². The van der Waals surface area contributed by atoms with Gasteiger partial charge in [-0.25, -0.2) is 0 Å². The van der Waals surface area contributed by atoms with Crippen LogP contribution in [0.3, 0.4) is 0 Å². The zero-order chi connectivity index (χ0) is 11.8. The van der Waals surface area contributed by atoms with E-state index in [-0.39, 0.29) is 11.9 Å². The van der Waals surface area contributed by atoms with Crippen molar-refractivity contribution in [3.8, 4) is 0 Å². The highest BCUT2D eigenvalue weighted by molar-refractivity contribution is 5.76. The van der Waals surface area contributed by atoms with E-state index in [9.17, 15) is 4.79 Å². The van der Waals surface area contributed by atoms with Crippen molar-refractivity contribution < 1.29 is 4.79 Å². The molecule has 1 aliphatic heterocycles. The Labute approximate surface area is 99.8 Å². The Morgan fingerprint density at radius 1 is 1.53 bits per heavy atom. The summed E-state index contributed by atoms with van der Waals surface area (Å²) in [5.74, 6) is 1.59. The number of nitrogens with two attached hydrogens (primary N) is 1. The number of aromatic nitrogens is 3. The average molecular weight is 235 g/mol. The van der Waals surface area contributed by atoms with Gasteiger partial charge in [-0.15, -0.1) is 10.2 Å². The van der Waals surface area contributed by atoms with Crippen molar-refractivity contribution in [3.63, 3.8) is 0 Å². The number of carbonyl (C=O) groups excluding carboxylic acids is 1. The highest BCUT2D eigenvalue weighted by Crippen LogP contribution is 2.33. The summed E-state index contributed by atoms with van der Waals surface area (Å²) in [6, 6.07) is 0.0438. The van der Waals surface area contributed by atoms with Crippen LogP contribution >= 0.6 is 0 Å². The second kappa shape index (κ2) is 4.10. The molecule has 0 aromatic carbocycles. The first-order valence-electron chi connectivity index (χ1n) is 6.14. The smallest absolute Gasteiger partial charge is 0.224 e. The number of hydrogen-bond acceptors (Lipinski definition) is 4. The fourth-order valence-corrected chi connectivity index (χ4v) is 2.30. The number of amides is 1. The third-order valence-electron chi connectivity index (χ3n) is 3.63. The zero-order valence-electron chi connectivity index (χ0n) is 9.75. The van der Waals surface area contributed by atoms with Gasteiger partial charge >= 0.3 is 0 Å². The Balaban J connectivity index is 1.60. The first kappa shape index (κ1) is 10.7. The second-order valence-corrected chi connectivity index (χ2v) is 4.96. The number of hydrogen-bond donors (Lipinski definition) is 1. The molecule has 0 saturated heterocycles. The summed E-state index contributed by atoms with van der Waals surface area (Å²) >= 11 is 0. The summed E-state index contributed by atoms with van der Waals surface area (Å²) in [5.41, 5.74) is 5.98. The molecule has 17 heavy (non-hydrogen) atoms. The van der Waals surface area contributed by atoms with Crippen LogP contribution in [0.2, 0.25) is 0 Å². The highest BCUT2D eigenvalue weighted by Gasteiger charge is 2.31. The molecule has 3 rings (SSSR count). The van der Waals surface area contributed by atoms with Crippen LogP contribution in [0.25, 0.3) is 0 Å². The average Bonchev–Trinajstić information content (AvgIpc) is 3.07. The minimum atomic E-state index is 0.0438. The molecule has 1 fully saturated rings. The molecule has 1 aromatic rings. The van der Waals surface area contributed by atoms with E-state index < -0.39 is 0 Å². The molecule has 1 unspecified atom stereocenters. The molecule has 2 heterocycles. The van der Waals surface area contributed by atoms with E-state index in [4.69, 9.17) is 5.73 Å². The predicted molar refractivity (Wildman–Crippen MR) is 60.8 cm³/mol. The van der Waals surface area contributed by atoms with E-state index in [1.807, 2.05) is 9.47 Å². The lowest BCUT2D eigenvalue weighted by molar-refractivity contribution is -0.133. The molecular formula is C11H17N5O. The van der Waals surface area contributed by atoms with Crippen molar-refractivity contribution in [1.29, 1.82) is 0 Å². The fourth-order valence-electron chi connectivity index (χ4n) is 2.30. The van der Waals surface area contributed by atoms with Gasteiger partial charge in [-0.2, -0.15) is 0 Å². The molecule has 0 spiro atoms. The molecule has 92 valence electrons. The first-order valence-corrected chi connectivity index (χ1v) is 6.14. The second-order valence-electron chi connectivity index (χ2n) is 4.96. The van der Waals surface area contributed by atoms with E-state index in [1.54, 1.807) is 6.33 Å². The van der Waals surface area contributed by atoms with Gasteiger partial charge in [0.2, 0.25) is 5.91 Å². The van der Waals surface area contributed by atoms with E-state index in [1.165, 1.54) is 12.8 Å². The largest absolute Gasteiger partial charge is 0.333 e. The lowest BCUT2D eigenvalue weighted by atomic mass is 10.1. The molecule has 6 heteroatoms. The Morgan fingerprint density at radius 3 is 3.12 bits per heavy atom. The molecule has 1 aliphatic carbocycles. The molecule has 0 radical (unpaired) electrons. The first-order chi connectivity index (χ1) is 8.24. The normalized spacial score (nSPS) is 21.1. The minimum absolute atomic E-state index is 0.0438. The van der Waals surface area contributed by atoms with Crippen LogP contribution in [0.4, 0.5) is 0 Å². The van der Waals surface area contributed by atoms with E-state index in [2.05, 4.69) is 10.2 Å². The van der Waals surface area contributed by atoms with E-state index in [0.29, 0.717) is 18.9 Å². The van der Waals surface area contributed by atoms with Gasteiger partial charge in [0, 0.05) is 25.6 Å². The van der Waals surface area contributed by atoms with Gasteiger partial charge in [0.25, 0.3) is 0 Å². The molecule has 6 nitrogen and oxygen atoms in total. The quantitative estimate of drug-likeness (QED) is 0.783. The minimum Gasteiger partial charge on any atom is -0.333 e. The molecule has 1 atom stereocenters. The Hall–Kier alpha value is -1.43. The molecule has 0 bridgehead atoms. The Bertz CT molecular complexity index is 425. The van der Waals surface area contributed by atoms with Gasteiger partial charge in [0.1, 0.15) is 6.33 Å². The van der Waals surface area contributed by atoms with Crippen molar-refractivity contribution in [2.45, 2.75) is 38.4 Å². The summed E-state index contributed by atoms with van der Waals surface area (Å²) < 4.78 is 1.99. The van der Waals surface area contributed by atoms with Gasteiger partial charge in [0.15, 0.2) is 5.82 Å². The van der Waals surface area contributed by atoms with Gasteiger partial charge < -0.3 is 15.2 Å². The van der Waals surface area contributed by atoms with E-state index in [0.717, 1.165) is 18.9 Å². The van der Waals surface area contributed by atoms with Crippen LogP contribution in [0.15, 0.2) is 6.33 Å². The Morgan fingerprint density at radius 2 is 2.35 bits per heavy atom. The fraction of sp³-hybridized carbons (Fsp3) is 0.727. The van der Waals surface area contributed by atoms with Gasteiger partial charge in [-0.1, -0.05) is 0 Å². The summed E-state index contributed by atoms with van der Waals surface area (Å²) in [4.78, 5) is 13.9. The van der Waals surface area contributed by atoms with Crippen molar-refractivity contribution in [3.05, 3.63) is 12.2 Å². The van der Waals surface area contributed by atoms with Crippen LogP contribution < -0.4 is 5.73 Å². The highest BCUT2D eigenvalue weighted by atomic mass is 16.2. The summed E-state index contributed by atoms with van der Waals surface area (Å²) in [5, 5.41) is 7.85. The van der Waals surface area contributed by atoms with Crippen LogP contribution in [-0.2, 0) is 17.9 Å². The van der Waals surface area contributed by atoms with Crippen LogP contribution in [0, 0.1) is 5.92 Å². The monoisotopic (exact) mass is 235 g/mol. The molecular weight excluding hydrogens is 218 g/mol. The maximum atomic E-state index is 12.1. The molecule has 1 amide bonds. The number of fused-ring (bicyclic) bond motifs is 1. The topological polar surface area (TPSA) is 77.0 Å². The summed E-state index contributed by atoms with van der Waals surface area (Å²) in [6.07, 6.45) is 4.55. The Kier molecular flexibility index (Phi) is 2.58. The van der Waals surface area contributed by atoms with E-state index >= 15 is 0 Å². The van der Waals surface area contributed by atoms with Crippen LogP contribution in [0.5, 0.6) is 0 Å². The molecule has 1 saturated carbocycles. The number of nitrogens with zero attached hydrogens (tertiary/aromatic N) is 4. The maximum Gasteiger partial charge on any atom is 0.224 e.